The largest absolute Gasteiger partial charge is 0.358 e. The zero-order valence-corrected chi connectivity index (χ0v) is 9.06. The third-order valence-corrected chi connectivity index (χ3v) is 3.66. The van der Waals surface area contributed by atoms with E-state index in [4.69, 9.17) is 58.0 Å². The molecular weight excluding hydrogens is 287 g/mol. The molecule has 0 atom stereocenters. The number of rotatable bonds is 1. The number of alkyl halides is 8. The highest BCUT2D eigenvalue weighted by Gasteiger charge is 2.62. The van der Waals surface area contributed by atoms with E-state index in [1.165, 1.54) is 0 Å². The van der Waals surface area contributed by atoms with Crippen LogP contribution in [0.5, 0.6) is 0 Å². The van der Waals surface area contributed by atoms with Crippen LogP contribution in [0.25, 0.3) is 0 Å². The third kappa shape index (κ3) is 2.78. The molecule has 0 unspecified atom stereocenters. The summed E-state index contributed by atoms with van der Waals surface area (Å²) in [4.78, 5) is 0. The smallest absolute Gasteiger partial charge is 0.184 e. The fourth-order valence-electron chi connectivity index (χ4n) is 0.161. The van der Waals surface area contributed by atoms with Crippen molar-refractivity contribution < 1.29 is 8.78 Å². The van der Waals surface area contributed by atoms with Crippen LogP contribution in [0.1, 0.15) is 0 Å². The van der Waals surface area contributed by atoms with E-state index in [0.29, 0.717) is 0 Å². The molecule has 0 fully saturated rings. The first-order valence-corrected chi connectivity index (χ1v) is 4.28. The summed E-state index contributed by atoms with van der Waals surface area (Å²) in [5.41, 5.74) is 0. The number of hydrogen-bond acceptors (Lipinski definition) is 0. The van der Waals surface area contributed by atoms with Gasteiger partial charge in [-0.3, -0.25) is 0 Å². The highest BCUT2D eigenvalue weighted by atomic mass is 35.6. The Balaban J connectivity index is 4.75. The maximum absolute atomic E-state index is 12.2. The van der Waals surface area contributed by atoms with Crippen molar-refractivity contribution in [1.29, 1.82) is 0 Å². The number of hydrogen-bond donors (Lipinski definition) is 0. The van der Waals surface area contributed by atoms with Gasteiger partial charge >= 0.3 is 5.38 Å². The van der Waals surface area contributed by atoms with Gasteiger partial charge in [0.2, 0.25) is 8.13 Å². The molecule has 0 heterocycles. The van der Waals surface area contributed by atoms with Gasteiger partial charge in [-0.05, 0) is 11.6 Å². The quantitative estimate of drug-likeness (QED) is 0.628. The van der Waals surface area contributed by atoms with Crippen LogP contribution in [-0.2, 0) is 0 Å². The molecule has 8 heteroatoms. The molecule has 0 aliphatic carbocycles. The SMILES string of the molecule is FC(F)(Cl)C(Cl)(Cl)C(Cl)(Cl)Cl. The average molecular weight is 287 g/mol. The Labute approximate surface area is 91.6 Å². The van der Waals surface area contributed by atoms with Gasteiger partial charge in [-0.2, -0.15) is 8.78 Å². The molecule has 0 rings (SSSR count). The molecule has 0 aliphatic rings. The molecule has 0 nitrogen and oxygen atoms in total. The van der Waals surface area contributed by atoms with Crippen molar-refractivity contribution in [3.05, 3.63) is 0 Å². The fraction of sp³-hybridized carbons (Fsp3) is 1.00. The van der Waals surface area contributed by atoms with Gasteiger partial charge < -0.3 is 0 Å². The molecule has 0 saturated carbocycles. The van der Waals surface area contributed by atoms with Crippen molar-refractivity contribution in [3.8, 4) is 0 Å². The first-order valence-electron chi connectivity index (χ1n) is 2.01. The lowest BCUT2D eigenvalue weighted by molar-refractivity contribution is 0.0775. The van der Waals surface area contributed by atoms with Crippen molar-refractivity contribution in [2.75, 3.05) is 0 Å². The monoisotopic (exact) mass is 284 g/mol. The zero-order valence-electron chi connectivity index (χ0n) is 4.52. The minimum absolute atomic E-state index is 2.55. The van der Waals surface area contributed by atoms with Crippen LogP contribution in [0.3, 0.4) is 0 Å². The van der Waals surface area contributed by atoms with Crippen LogP contribution in [-0.4, -0.2) is 13.5 Å². The second-order valence-electron chi connectivity index (χ2n) is 1.57. The molecule has 0 aromatic heterocycles. The van der Waals surface area contributed by atoms with E-state index in [1.807, 2.05) is 0 Å². The Kier molecular flexibility index (Phi) is 3.89. The maximum Gasteiger partial charge on any atom is 0.358 e. The number of halogens is 8. The van der Waals surface area contributed by atoms with E-state index in [2.05, 4.69) is 11.6 Å². The molecule has 68 valence electrons. The van der Waals surface area contributed by atoms with Crippen molar-refractivity contribution in [2.45, 2.75) is 13.5 Å². The molecule has 0 bridgehead atoms. The van der Waals surface area contributed by atoms with E-state index in [1.54, 1.807) is 0 Å². The molecule has 0 aliphatic heterocycles. The van der Waals surface area contributed by atoms with Gasteiger partial charge in [-0.25, -0.2) is 0 Å². The summed E-state index contributed by atoms with van der Waals surface area (Å²) >= 11 is 29.4. The van der Waals surface area contributed by atoms with Crippen LogP contribution in [0, 0.1) is 0 Å². The van der Waals surface area contributed by atoms with Crippen LogP contribution >= 0.6 is 69.6 Å². The minimum atomic E-state index is -4.01. The van der Waals surface area contributed by atoms with Crippen molar-refractivity contribution in [2.24, 2.45) is 0 Å². The highest BCUT2D eigenvalue weighted by Crippen LogP contribution is 2.55. The Hall–Kier alpha value is 1.60. The standard InChI is InChI=1S/C3Cl6F2/c4-1(5,2(6,7)8)3(9,10)11. The summed E-state index contributed by atoms with van der Waals surface area (Å²) in [6.45, 7) is 0. The topological polar surface area (TPSA) is 0 Å². The van der Waals surface area contributed by atoms with Gasteiger partial charge in [-0.15, -0.1) is 0 Å². The Bertz CT molecular complexity index is 127. The molecular formula is C3Cl6F2. The van der Waals surface area contributed by atoms with Crippen molar-refractivity contribution in [3.63, 3.8) is 0 Å². The molecule has 0 spiro atoms. The van der Waals surface area contributed by atoms with Gasteiger partial charge in [-0.1, -0.05) is 58.0 Å². The van der Waals surface area contributed by atoms with E-state index in [9.17, 15) is 8.78 Å². The molecule has 0 aromatic rings. The fourth-order valence-corrected chi connectivity index (χ4v) is 0.804. The van der Waals surface area contributed by atoms with E-state index in [-0.39, 0.29) is 0 Å². The molecule has 0 saturated heterocycles. The summed E-state index contributed by atoms with van der Waals surface area (Å²) in [7, 11) is 0. The molecule has 0 N–H and O–H groups in total. The molecule has 0 amide bonds. The average Bonchev–Trinajstić information content (AvgIpc) is 1.58. The maximum atomic E-state index is 12.2. The van der Waals surface area contributed by atoms with E-state index < -0.39 is 13.5 Å². The lowest BCUT2D eigenvalue weighted by atomic mass is 10.5. The zero-order chi connectivity index (χ0) is 9.50. The Morgan fingerprint density at radius 2 is 1.00 bits per heavy atom. The molecule has 0 radical (unpaired) electrons. The van der Waals surface area contributed by atoms with Crippen molar-refractivity contribution >= 4 is 69.6 Å². The van der Waals surface area contributed by atoms with Gasteiger partial charge in [0, 0.05) is 0 Å². The molecule has 11 heavy (non-hydrogen) atoms. The van der Waals surface area contributed by atoms with Crippen LogP contribution < -0.4 is 0 Å². The first kappa shape index (κ1) is 12.6. The summed E-state index contributed by atoms with van der Waals surface area (Å²) in [6.07, 6.45) is 0. The van der Waals surface area contributed by atoms with Crippen molar-refractivity contribution in [1.82, 2.24) is 0 Å². The summed E-state index contributed by atoms with van der Waals surface area (Å²) < 4.78 is 19.0. The highest BCUT2D eigenvalue weighted by molar-refractivity contribution is 6.76. The van der Waals surface area contributed by atoms with Gasteiger partial charge in [0.1, 0.15) is 0 Å². The predicted molar refractivity (Wildman–Crippen MR) is 45.5 cm³/mol. The summed E-state index contributed by atoms with van der Waals surface area (Å²) in [5, 5.41) is -4.01. The lowest BCUT2D eigenvalue weighted by Gasteiger charge is -2.30. The third-order valence-electron chi connectivity index (χ3n) is 0.712. The van der Waals surface area contributed by atoms with E-state index >= 15 is 0 Å². The van der Waals surface area contributed by atoms with Gasteiger partial charge in [0.15, 0.2) is 0 Å². The minimum Gasteiger partial charge on any atom is -0.184 e. The van der Waals surface area contributed by atoms with Crippen LogP contribution in [0.4, 0.5) is 8.78 Å². The van der Waals surface area contributed by atoms with Gasteiger partial charge in [0.25, 0.3) is 0 Å². The second kappa shape index (κ2) is 3.39. The lowest BCUT2D eigenvalue weighted by Crippen LogP contribution is -2.44. The first-order chi connectivity index (χ1) is 4.50. The normalized spacial score (nSPS) is 15.3. The van der Waals surface area contributed by atoms with Crippen LogP contribution in [0.2, 0.25) is 0 Å². The Morgan fingerprint density at radius 1 is 0.727 bits per heavy atom. The predicted octanol–water partition coefficient (Wildman–Crippen LogP) is 4.36. The Morgan fingerprint density at radius 3 is 1.00 bits per heavy atom. The summed E-state index contributed by atoms with van der Waals surface area (Å²) in [5.74, 6) is 0. The summed E-state index contributed by atoms with van der Waals surface area (Å²) in [6, 6.07) is 0. The second-order valence-corrected chi connectivity index (χ2v) is 5.65. The van der Waals surface area contributed by atoms with E-state index in [0.717, 1.165) is 0 Å². The molecule has 0 aromatic carbocycles. The van der Waals surface area contributed by atoms with Gasteiger partial charge in [0.05, 0.1) is 0 Å². The van der Waals surface area contributed by atoms with Crippen LogP contribution in [0.15, 0.2) is 0 Å².